The molecule has 3 rings (SSSR count). The molecule has 2 N–H and O–H groups in total. The number of benzene rings is 1. The highest BCUT2D eigenvalue weighted by molar-refractivity contribution is 5.93. The van der Waals surface area contributed by atoms with Crippen molar-refractivity contribution in [3.8, 4) is 5.75 Å². The van der Waals surface area contributed by atoms with Gasteiger partial charge in [-0.1, -0.05) is 6.07 Å². The van der Waals surface area contributed by atoms with E-state index in [4.69, 9.17) is 9.94 Å². The second-order valence-electron chi connectivity index (χ2n) is 6.97. The van der Waals surface area contributed by atoms with Crippen LogP contribution >= 0.6 is 0 Å². The average molecular weight is 347 g/mol. The third kappa shape index (κ3) is 3.77. The number of likely N-dealkylation sites (tertiary alicyclic amines) is 1. The summed E-state index contributed by atoms with van der Waals surface area (Å²) in [5.41, 5.74) is 2.82. The summed E-state index contributed by atoms with van der Waals surface area (Å²) in [6.45, 7) is 4.75. The van der Waals surface area contributed by atoms with Crippen LogP contribution in [0.15, 0.2) is 18.2 Å². The maximum Gasteiger partial charge on any atom is 0.274 e. The molecule has 25 heavy (non-hydrogen) atoms. The molecular formula is C18H25N3O4. The van der Waals surface area contributed by atoms with Gasteiger partial charge in [-0.25, -0.2) is 5.48 Å². The van der Waals surface area contributed by atoms with Gasteiger partial charge < -0.3 is 14.5 Å². The lowest BCUT2D eigenvalue weighted by Crippen LogP contribution is -2.45. The molecule has 2 aliphatic heterocycles. The van der Waals surface area contributed by atoms with Gasteiger partial charge in [0.15, 0.2) is 0 Å². The molecule has 1 aromatic rings. The van der Waals surface area contributed by atoms with Crippen molar-refractivity contribution in [2.75, 3.05) is 26.7 Å². The molecule has 0 unspecified atom stereocenters. The molecule has 1 atom stereocenters. The number of piperidine rings is 1. The first kappa shape index (κ1) is 17.7. The van der Waals surface area contributed by atoms with Crippen LogP contribution in [0, 0.1) is 5.92 Å². The number of nitrogens with one attached hydrogen (secondary N) is 1. The van der Waals surface area contributed by atoms with E-state index in [1.165, 1.54) is 0 Å². The summed E-state index contributed by atoms with van der Waals surface area (Å²) in [4.78, 5) is 28.7. The fourth-order valence-corrected chi connectivity index (χ4v) is 3.45. The summed E-state index contributed by atoms with van der Waals surface area (Å²) in [6, 6.07) is 4.99. The van der Waals surface area contributed by atoms with Crippen molar-refractivity contribution in [3.05, 3.63) is 29.3 Å². The molecule has 136 valence electrons. The fraction of sp³-hybridized carbons (Fsp3) is 0.556. The average Bonchev–Trinajstić information content (AvgIpc) is 2.79. The van der Waals surface area contributed by atoms with Crippen molar-refractivity contribution in [2.24, 2.45) is 5.92 Å². The molecule has 0 radical (unpaired) electrons. The molecule has 0 aromatic heterocycles. The summed E-state index contributed by atoms with van der Waals surface area (Å²) in [6.07, 6.45) is 1.78. The smallest absolute Gasteiger partial charge is 0.274 e. The Labute approximate surface area is 147 Å². The molecule has 0 aliphatic carbocycles. The van der Waals surface area contributed by atoms with Gasteiger partial charge in [-0.2, -0.15) is 0 Å². The van der Waals surface area contributed by atoms with E-state index in [0.29, 0.717) is 24.5 Å². The van der Waals surface area contributed by atoms with E-state index in [2.05, 4.69) is 11.9 Å². The molecule has 2 aliphatic rings. The zero-order valence-corrected chi connectivity index (χ0v) is 14.7. The highest BCUT2D eigenvalue weighted by atomic mass is 16.5. The van der Waals surface area contributed by atoms with Crippen LogP contribution in [0.4, 0.5) is 0 Å². The second kappa shape index (κ2) is 7.41. The van der Waals surface area contributed by atoms with Crippen molar-refractivity contribution >= 4 is 11.8 Å². The lowest BCUT2D eigenvalue weighted by atomic mass is 9.95. The van der Waals surface area contributed by atoms with E-state index in [1.54, 1.807) is 23.7 Å². The zero-order chi connectivity index (χ0) is 18.0. The van der Waals surface area contributed by atoms with Crippen LogP contribution in [0.3, 0.4) is 0 Å². The number of hydrogen-bond acceptors (Lipinski definition) is 5. The van der Waals surface area contributed by atoms with Gasteiger partial charge in [-0.15, -0.1) is 0 Å². The molecule has 1 saturated heterocycles. The number of carbonyl (C=O) groups is 2. The number of fused-ring (bicyclic) bond motifs is 1. The number of rotatable bonds is 2. The normalized spacial score (nSPS) is 21.9. The first-order valence-electron chi connectivity index (χ1n) is 8.68. The van der Waals surface area contributed by atoms with Gasteiger partial charge in [0.1, 0.15) is 12.4 Å². The largest absolute Gasteiger partial charge is 0.491 e. The predicted molar refractivity (Wildman–Crippen MR) is 91.4 cm³/mol. The van der Waals surface area contributed by atoms with Crippen LogP contribution in [0.25, 0.3) is 0 Å². The maximum atomic E-state index is 13.0. The lowest BCUT2D eigenvalue weighted by molar-refractivity contribution is -0.140. The minimum atomic E-state index is -0.581. The maximum absolute atomic E-state index is 13.0. The monoisotopic (exact) mass is 347 g/mol. The van der Waals surface area contributed by atoms with E-state index < -0.39 is 5.91 Å². The predicted octanol–water partition coefficient (Wildman–Crippen LogP) is 1.26. The van der Waals surface area contributed by atoms with Gasteiger partial charge in [-0.05, 0) is 52.0 Å². The second-order valence-corrected chi connectivity index (χ2v) is 6.97. The first-order chi connectivity index (χ1) is 12.0. The minimum absolute atomic E-state index is 0.0327. The Bertz CT molecular complexity index is 656. The minimum Gasteiger partial charge on any atom is -0.491 e. The Morgan fingerprint density at radius 1 is 1.28 bits per heavy atom. The van der Waals surface area contributed by atoms with E-state index in [-0.39, 0.29) is 17.9 Å². The molecular weight excluding hydrogens is 322 g/mol. The molecule has 2 amide bonds. The molecule has 0 bridgehead atoms. The van der Waals surface area contributed by atoms with Crippen LogP contribution in [0.1, 0.15) is 35.7 Å². The van der Waals surface area contributed by atoms with Crippen molar-refractivity contribution in [1.29, 1.82) is 0 Å². The van der Waals surface area contributed by atoms with Crippen LogP contribution in [-0.2, 0) is 11.3 Å². The van der Waals surface area contributed by atoms with E-state index in [9.17, 15) is 9.59 Å². The Kier molecular flexibility index (Phi) is 5.24. The van der Waals surface area contributed by atoms with Gasteiger partial charge >= 0.3 is 0 Å². The number of hydrogen-bond donors (Lipinski definition) is 2. The molecule has 7 nitrogen and oxygen atoms in total. The third-order valence-electron chi connectivity index (χ3n) is 5.13. The molecule has 0 saturated carbocycles. The number of carbonyl (C=O) groups excluding carboxylic acids is 2. The van der Waals surface area contributed by atoms with Crippen LogP contribution in [0.2, 0.25) is 0 Å². The standard InChI is InChI=1S/C18H25N3O4/c1-12-11-25-16-9-14(17(22)19-24)3-4-15(16)10-21(12)18(23)13-5-7-20(2)8-6-13/h3-4,9,12-13,24H,5-8,10-11H2,1-2H3,(H,19,22)/t12-/m0/s1. The number of nitrogens with zero attached hydrogens (tertiary/aromatic N) is 2. The SMILES string of the molecule is C[C@H]1COc2cc(C(=O)NO)ccc2CN1C(=O)C1CCN(C)CC1. The van der Waals surface area contributed by atoms with E-state index in [1.807, 2.05) is 11.8 Å². The summed E-state index contributed by atoms with van der Waals surface area (Å²) < 4.78 is 5.82. The van der Waals surface area contributed by atoms with E-state index >= 15 is 0 Å². The van der Waals surface area contributed by atoms with Crippen LogP contribution in [-0.4, -0.2) is 59.6 Å². The van der Waals surface area contributed by atoms with Crippen molar-refractivity contribution in [3.63, 3.8) is 0 Å². The quantitative estimate of drug-likeness (QED) is 0.622. The number of hydroxylamine groups is 1. The van der Waals surface area contributed by atoms with Crippen molar-refractivity contribution < 1.29 is 19.5 Å². The number of amides is 2. The van der Waals surface area contributed by atoms with Gasteiger partial charge in [0.05, 0.1) is 6.04 Å². The Balaban J connectivity index is 1.78. The molecule has 1 fully saturated rings. The highest BCUT2D eigenvalue weighted by Gasteiger charge is 2.32. The fourth-order valence-electron chi connectivity index (χ4n) is 3.45. The first-order valence-corrected chi connectivity index (χ1v) is 8.68. The summed E-state index contributed by atoms with van der Waals surface area (Å²) in [7, 11) is 2.08. The third-order valence-corrected chi connectivity index (χ3v) is 5.13. The zero-order valence-electron chi connectivity index (χ0n) is 14.7. The molecule has 0 spiro atoms. The van der Waals surface area contributed by atoms with Crippen LogP contribution < -0.4 is 10.2 Å². The molecule has 2 heterocycles. The van der Waals surface area contributed by atoms with Gasteiger partial charge in [0.2, 0.25) is 5.91 Å². The Morgan fingerprint density at radius 3 is 2.68 bits per heavy atom. The van der Waals surface area contributed by atoms with Crippen molar-refractivity contribution in [2.45, 2.75) is 32.4 Å². The van der Waals surface area contributed by atoms with Gasteiger partial charge in [0, 0.05) is 23.6 Å². The van der Waals surface area contributed by atoms with Crippen LogP contribution in [0.5, 0.6) is 5.75 Å². The van der Waals surface area contributed by atoms with Crippen molar-refractivity contribution in [1.82, 2.24) is 15.3 Å². The molecule has 1 aromatic carbocycles. The lowest BCUT2D eigenvalue weighted by Gasteiger charge is -2.34. The topological polar surface area (TPSA) is 82.1 Å². The molecule has 7 heteroatoms. The Hall–Kier alpha value is -2.12. The summed E-state index contributed by atoms with van der Waals surface area (Å²) in [5.74, 6) is 0.267. The number of ether oxygens (including phenoxy) is 1. The highest BCUT2D eigenvalue weighted by Crippen LogP contribution is 2.29. The summed E-state index contributed by atoms with van der Waals surface area (Å²) in [5, 5.41) is 8.77. The summed E-state index contributed by atoms with van der Waals surface area (Å²) >= 11 is 0. The Morgan fingerprint density at radius 2 is 2.00 bits per heavy atom. The van der Waals surface area contributed by atoms with E-state index in [0.717, 1.165) is 31.5 Å². The van der Waals surface area contributed by atoms with Gasteiger partial charge in [-0.3, -0.25) is 14.8 Å². The van der Waals surface area contributed by atoms with Gasteiger partial charge in [0.25, 0.3) is 5.91 Å².